The normalized spacial score (nSPS) is 10.8. The van der Waals surface area contributed by atoms with Crippen LogP contribution in [0.2, 0.25) is 5.02 Å². The third-order valence-electron chi connectivity index (χ3n) is 5.95. The zero-order valence-electron chi connectivity index (χ0n) is 20.9. The van der Waals surface area contributed by atoms with Crippen molar-refractivity contribution >= 4 is 40.0 Å². The van der Waals surface area contributed by atoms with Gasteiger partial charge in [-0.3, -0.25) is 28.5 Å². The van der Waals surface area contributed by atoms with E-state index in [4.69, 9.17) is 16.3 Å². The molecule has 0 fully saturated rings. The number of para-hydroxylation sites is 1. The van der Waals surface area contributed by atoms with Crippen LogP contribution in [-0.4, -0.2) is 39.6 Å². The van der Waals surface area contributed by atoms with Crippen molar-refractivity contribution in [3.05, 3.63) is 97.9 Å². The summed E-state index contributed by atoms with van der Waals surface area (Å²) in [6.45, 7) is 1.22. The fourth-order valence-corrected chi connectivity index (χ4v) is 4.17. The van der Waals surface area contributed by atoms with Crippen LogP contribution in [0, 0.1) is 6.92 Å². The number of carbonyl (C=O) groups excluding carboxylic acids is 2. The molecule has 2 aromatic heterocycles. The molecular weight excluding hydrogens is 510 g/mol. The second-order valence-corrected chi connectivity index (χ2v) is 9.00. The van der Waals surface area contributed by atoms with Gasteiger partial charge in [0.15, 0.2) is 0 Å². The SMILES string of the molecule is COc1cc(C)c(Cl)cc1NC(=O)Cn1c(=O)n(CC(=O)NCCc2cccnc2)c(=O)c2ccccc21. The number of rotatable bonds is 9. The molecule has 0 aliphatic carbocycles. The van der Waals surface area contributed by atoms with Crippen molar-refractivity contribution in [2.24, 2.45) is 0 Å². The number of ether oxygens (including phenoxy) is 1. The highest BCUT2D eigenvalue weighted by molar-refractivity contribution is 6.31. The standard InChI is InChI=1S/C27H26ClN5O5/c1-17-12-23(38-2)21(13-20(17)28)31-25(35)16-32-22-8-4-3-7-19(22)26(36)33(27(32)37)15-24(34)30-11-9-18-6-5-10-29-14-18/h3-8,10,12-14H,9,11,15-16H2,1-2H3,(H,30,34)(H,31,35). The fourth-order valence-electron chi connectivity index (χ4n) is 4.01. The van der Waals surface area contributed by atoms with Crippen LogP contribution >= 0.6 is 11.6 Å². The topological polar surface area (TPSA) is 124 Å². The number of benzene rings is 2. The summed E-state index contributed by atoms with van der Waals surface area (Å²) in [4.78, 5) is 56.1. The van der Waals surface area contributed by atoms with Gasteiger partial charge in [0, 0.05) is 24.0 Å². The minimum atomic E-state index is -0.778. The first-order valence-electron chi connectivity index (χ1n) is 11.8. The minimum absolute atomic E-state index is 0.207. The van der Waals surface area contributed by atoms with E-state index >= 15 is 0 Å². The highest BCUT2D eigenvalue weighted by Crippen LogP contribution is 2.30. The molecule has 0 bridgehead atoms. The number of hydrogen-bond acceptors (Lipinski definition) is 6. The lowest BCUT2D eigenvalue weighted by Crippen LogP contribution is -2.45. The van der Waals surface area contributed by atoms with Gasteiger partial charge < -0.3 is 15.4 Å². The van der Waals surface area contributed by atoms with E-state index in [2.05, 4.69) is 15.6 Å². The Balaban J connectivity index is 1.58. The monoisotopic (exact) mass is 535 g/mol. The summed E-state index contributed by atoms with van der Waals surface area (Å²) in [7, 11) is 1.47. The molecule has 11 heteroatoms. The Morgan fingerprint density at radius 1 is 1.03 bits per heavy atom. The highest BCUT2D eigenvalue weighted by Gasteiger charge is 2.18. The number of nitrogens with one attached hydrogen (secondary N) is 2. The Morgan fingerprint density at radius 2 is 1.79 bits per heavy atom. The van der Waals surface area contributed by atoms with E-state index in [0.29, 0.717) is 29.4 Å². The molecule has 0 saturated heterocycles. The molecule has 2 amide bonds. The second kappa shape index (κ2) is 11.7. The quantitative estimate of drug-likeness (QED) is 0.339. The van der Waals surface area contributed by atoms with Crippen molar-refractivity contribution in [1.29, 1.82) is 0 Å². The molecule has 2 aromatic carbocycles. The van der Waals surface area contributed by atoms with Gasteiger partial charge in [0.25, 0.3) is 5.56 Å². The van der Waals surface area contributed by atoms with Crippen molar-refractivity contribution in [1.82, 2.24) is 19.4 Å². The minimum Gasteiger partial charge on any atom is -0.495 e. The average molecular weight is 536 g/mol. The maximum Gasteiger partial charge on any atom is 0.332 e. The number of amides is 2. The number of carbonyl (C=O) groups is 2. The Kier molecular flexibility index (Phi) is 8.22. The Labute approximate surface area is 222 Å². The third-order valence-corrected chi connectivity index (χ3v) is 6.36. The number of halogens is 1. The first-order valence-corrected chi connectivity index (χ1v) is 12.2. The predicted octanol–water partition coefficient (Wildman–Crippen LogP) is 2.53. The Morgan fingerprint density at radius 3 is 2.53 bits per heavy atom. The van der Waals surface area contributed by atoms with Crippen LogP contribution in [-0.2, 0) is 29.1 Å². The molecule has 0 radical (unpaired) electrons. The van der Waals surface area contributed by atoms with Crippen molar-refractivity contribution < 1.29 is 14.3 Å². The number of hydrogen-bond donors (Lipinski definition) is 2. The maximum atomic E-state index is 13.4. The largest absolute Gasteiger partial charge is 0.495 e. The zero-order valence-corrected chi connectivity index (χ0v) is 21.6. The summed E-state index contributed by atoms with van der Waals surface area (Å²) in [5.74, 6) is -0.634. The van der Waals surface area contributed by atoms with Crippen LogP contribution in [0.1, 0.15) is 11.1 Å². The molecule has 10 nitrogen and oxygen atoms in total. The first kappa shape index (κ1) is 26.6. The number of anilines is 1. The third kappa shape index (κ3) is 5.92. The molecule has 4 rings (SSSR count). The number of aromatic nitrogens is 3. The van der Waals surface area contributed by atoms with Crippen LogP contribution in [0.3, 0.4) is 0 Å². The number of nitrogens with zero attached hydrogens (tertiary/aromatic N) is 3. The molecule has 4 aromatic rings. The Bertz CT molecular complexity index is 1610. The molecule has 0 spiro atoms. The Hall–Kier alpha value is -4.44. The van der Waals surface area contributed by atoms with E-state index < -0.39 is 36.2 Å². The molecule has 2 N–H and O–H groups in total. The number of methoxy groups -OCH3 is 1. The van der Waals surface area contributed by atoms with E-state index in [9.17, 15) is 19.2 Å². The van der Waals surface area contributed by atoms with E-state index in [-0.39, 0.29) is 10.9 Å². The predicted molar refractivity (Wildman–Crippen MR) is 145 cm³/mol. The molecule has 2 heterocycles. The lowest BCUT2D eigenvalue weighted by atomic mass is 10.2. The van der Waals surface area contributed by atoms with E-state index in [1.54, 1.807) is 61.8 Å². The van der Waals surface area contributed by atoms with Crippen LogP contribution < -0.4 is 26.6 Å². The lowest BCUT2D eigenvalue weighted by Gasteiger charge is -2.15. The number of aryl methyl sites for hydroxylation is 1. The van der Waals surface area contributed by atoms with Gasteiger partial charge in [-0.1, -0.05) is 29.8 Å². The lowest BCUT2D eigenvalue weighted by molar-refractivity contribution is -0.121. The van der Waals surface area contributed by atoms with Gasteiger partial charge >= 0.3 is 5.69 Å². The molecule has 0 atom stereocenters. The fraction of sp³-hybridized carbons (Fsp3) is 0.222. The van der Waals surface area contributed by atoms with Crippen LogP contribution in [0.4, 0.5) is 5.69 Å². The van der Waals surface area contributed by atoms with Gasteiger partial charge in [0.05, 0.1) is 23.7 Å². The number of fused-ring (bicyclic) bond motifs is 1. The van der Waals surface area contributed by atoms with Crippen LogP contribution in [0.5, 0.6) is 5.75 Å². The van der Waals surface area contributed by atoms with Gasteiger partial charge in [-0.2, -0.15) is 0 Å². The molecule has 0 aliphatic rings. The van der Waals surface area contributed by atoms with E-state index in [1.165, 1.54) is 7.11 Å². The summed E-state index contributed by atoms with van der Waals surface area (Å²) in [6, 6.07) is 13.4. The van der Waals surface area contributed by atoms with Gasteiger partial charge in [0.2, 0.25) is 11.8 Å². The molecular formula is C27H26ClN5O5. The summed E-state index contributed by atoms with van der Waals surface area (Å²) in [6.07, 6.45) is 3.90. The molecule has 196 valence electrons. The maximum absolute atomic E-state index is 13.4. The van der Waals surface area contributed by atoms with Crippen molar-refractivity contribution in [2.75, 3.05) is 19.0 Å². The number of pyridine rings is 1. The molecule has 0 unspecified atom stereocenters. The summed E-state index contributed by atoms with van der Waals surface area (Å²) < 4.78 is 7.33. The van der Waals surface area contributed by atoms with Crippen molar-refractivity contribution in [3.63, 3.8) is 0 Å². The average Bonchev–Trinajstić information content (AvgIpc) is 2.91. The molecule has 38 heavy (non-hydrogen) atoms. The van der Waals surface area contributed by atoms with E-state index in [0.717, 1.165) is 20.3 Å². The van der Waals surface area contributed by atoms with Crippen molar-refractivity contribution in [2.45, 2.75) is 26.4 Å². The zero-order chi connectivity index (χ0) is 27.2. The summed E-state index contributed by atoms with van der Waals surface area (Å²) in [5.41, 5.74) is 0.938. The van der Waals surface area contributed by atoms with Crippen LogP contribution in [0.15, 0.2) is 70.5 Å². The van der Waals surface area contributed by atoms with Gasteiger partial charge in [-0.25, -0.2) is 4.79 Å². The van der Waals surface area contributed by atoms with Crippen LogP contribution in [0.25, 0.3) is 10.9 Å². The second-order valence-electron chi connectivity index (χ2n) is 8.59. The first-order chi connectivity index (χ1) is 18.3. The summed E-state index contributed by atoms with van der Waals surface area (Å²) >= 11 is 6.21. The van der Waals surface area contributed by atoms with Gasteiger partial charge in [-0.15, -0.1) is 0 Å². The van der Waals surface area contributed by atoms with E-state index in [1.807, 2.05) is 6.07 Å². The summed E-state index contributed by atoms with van der Waals surface area (Å²) in [5, 5.41) is 6.07. The molecule has 0 saturated carbocycles. The smallest absolute Gasteiger partial charge is 0.332 e. The molecule has 0 aliphatic heterocycles. The highest BCUT2D eigenvalue weighted by atomic mass is 35.5. The van der Waals surface area contributed by atoms with Gasteiger partial charge in [-0.05, 0) is 54.8 Å². The van der Waals surface area contributed by atoms with Gasteiger partial charge in [0.1, 0.15) is 18.8 Å². The van der Waals surface area contributed by atoms with Crippen molar-refractivity contribution in [3.8, 4) is 5.75 Å².